The summed E-state index contributed by atoms with van der Waals surface area (Å²) in [6, 6.07) is 12.5. The van der Waals surface area contributed by atoms with Gasteiger partial charge in [0, 0.05) is 17.0 Å². The number of nitrogens with one attached hydrogen (secondary N) is 1. The summed E-state index contributed by atoms with van der Waals surface area (Å²) >= 11 is 0. The average molecular weight is 244 g/mol. The minimum absolute atomic E-state index is 0.186. The molecular weight excluding hydrogens is 224 g/mol. The van der Waals surface area contributed by atoms with Gasteiger partial charge in [0.15, 0.2) is 0 Å². The first kappa shape index (κ1) is 12.6. The van der Waals surface area contributed by atoms with Crippen LogP contribution in [0.2, 0.25) is 0 Å². The van der Waals surface area contributed by atoms with Crippen LogP contribution in [0.15, 0.2) is 36.4 Å². The molecule has 1 aromatic carbocycles. The maximum atomic E-state index is 5.40. The molecule has 1 heterocycles. The standard InChI is InChI=1S/C15H20N2O/c1-11-9-10-12(2)17(11)16-13(3)14-7-5-6-8-15(14)18-4/h5-10,13,16H,1-4H3. The lowest BCUT2D eigenvalue weighted by Crippen LogP contribution is -2.21. The van der Waals surface area contributed by atoms with Crippen LogP contribution in [0.1, 0.15) is 29.9 Å². The van der Waals surface area contributed by atoms with Gasteiger partial charge in [-0.15, -0.1) is 0 Å². The van der Waals surface area contributed by atoms with E-state index >= 15 is 0 Å². The molecular formula is C15H20N2O. The van der Waals surface area contributed by atoms with Crippen molar-refractivity contribution >= 4 is 0 Å². The molecule has 1 N–H and O–H groups in total. The van der Waals surface area contributed by atoms with Gasteiger partial charge in [-0.25, -0.2) is 0 Å². The molecule has 3 nitrogen and oxygen atoms in total. The second-order valence-electron chi connectivity index (χ2n) is 4.54. The van der Waals surface area contributed by atoms with E-state index in [0.717, 1.165) is 11.3 Å². The van der Waals surface area contributed by atoms with E-state index in [0.29, 0.717) is 0 Å². The number of nitrogens with zero attached hydrogens (tertiary/aromatic N) is 1. The SMILES string of the molecule is COc1ccccc1C(C)Nn1c(C)ccc1C. The highest BCUT2D eigenvalue weighted by molar-refractivity contribution is 5.37. The first-order chi connectivity index (χ1) is 8.63. The Bertz CT molecular complexity index is 512. The summed E-state index contributed by atoms with van der Waals surface area (Å²) in [5, 5.41) is 0. The Hall–Kier alpha value is -1.90. The van der Waals surface area contributed by atoms with Gasteiger partial charge in [-0.05, 0) is 39.0 Å². The molecule has 1 aromatic heterocycles. The highest BCUT2D eigenvalue weighted by Crippen LogP contribution is 2.25. The van der Waals surface area contributed by atoms with Crippen LogP contribution in [0.25, 0.3) is 0 Å². The lowest BCUT2D eigenvalue weighted by atomic mass is 10.1. The van der Waals surface area contributed by atoms with Crippen LogP contribution >= 0.6 is 0 Å². The van der Waals surface area contributed by atoms with Gasteiger partial charge >= 0.3 is 0 Å². The van der Waals surface area contributed by atoms with E-state index in [-0.39, 0.29) is 6.04 Å². The van der Waals surface area contributed by atoms with E-state index in [1.807, 2.05) is 18.2 Å². The van der Waals surface area contributed by atoms with Gasteiger partial charge in [0.05, 0.1) is 13.2 Å². The second-order valence-corrected chi connectivity index (χ2v) is 4.54. The predicted molar refractivity (Wildman–Crippen MR) is 74.7 cm³/mol. The lowest BCUT2D eigenvalue weighted by Gasteiger charge is -2.21. The summed E-state index contributed by atoms with van der Waals surface area (Å²) in [5.74, 6) is 0.917. The Morgan fingerprint density at radius 2 is 1.67 bits per heavy atom. The summed E-state index contributed by atoms with van der Waals surface area (Å²) < 4.78 is 7.51. The number of aryl methyl sites for hydroxylation is 2. The van der Waals surface area contributed by atoms with E-state index < -0.39 is 0 Å². The monoisotopic (exact) mass is 244 g/mol. The minimum Gasteiger partial charge on any atom is -0.496 e. The molecule has 1 unspecified atom stereocenters. The van der Waals surface area contributed by atoms with Gasteiger partial charge in [0.2, 0.25) is 0 Å². The fourth-order valence-electron chi connectivity index (χ4n) is 2.16. The molecule has 2 aromatic rings. The highest BCUT2D eigenvalue weighted by atomic mass is 16.5. The Kier molecular flexibility index (Phi) is 3.60. The van der Waals surface area contributed by atoms with E-state index in [1.165, 1.54) is 11.4 Å². The summed E-state index contributed by atoms with van der Waals surface area (Å²) in [7, 11) is 1.71. The Balaban J connectivity index is 2.24. The number of hydrogen-bond donors (Lipinski definition) is 1. The van der Waals surface area contributed by atoms with E-state index in [2.05, 4.69) is 49.1 Å². The van der Waals surface area contributed by atoms with Crippen molar-refractivity contribution in [2.45, 2.75) is 26.8 Å². The summed E-state index contributed by atoms with van der Waals surface area (Å²) in [5.41, 5.74) is 7.05. The van der Waals surface area contributed by atoms with E-state index in [9.17, 15) is 0 Å². The van der Waals surface area contributed by atoms with Crippen molar-refractivity contribution in [3.8, 4) is 5.75 Å². The van der Waals surface area contributed by atoms with Crippen LogP contribution in [0, 0.1) is 13.8 Å². The fourth-order valence-corrected chi connectivity index (χ4v) is 2.16. The molecule has 18 heavy (non-hydrogen) atoms. The second kappa shape index (κ2) is 5.17. The van der Waals surface area contributed by atoms with Gasteiger partial charge in [-0.1, -0.05) is 18.2 Å². The average Bonchev–Trinajstić information content (AvgIpc) is 2.70. The summed E-state index contributed by atoms with van der Waals surface area (Å²) in [6.45, 7) is 6.32. The zero-order chi connectivity index (χ0) is 13.1. The Labute approximate surface area is 108 Å². The smallest absolute Gasteiger partial charge is 0.124 e. The van der Waals surface area contributed by atoms with Crippen molar-refractivity contribution in [2.75, 3.05) is 12.5 Å². The van der Waals surface area contributed by atoms with Gasteiger partial charge in [0.1, 0.15) is 5.75 Å². The number of methoxy groups -OCH3 is 1. The maximum absolute atomic E-state index is 5.40. The molecule has 0 radical (unpaired) electrons. The van der Waals surface area contributed by atoms with Crippen LogP contribution in [-0.2, 0) is 0 Å². The quantitative estimate of drug-likeness (QED) is 0.892. The van der Waals surface area contributed by atoms with Crippen molar-refractivity contribution < 1.29 is 4.74 Å². The lowest BCUT2D eigenvalue weighted by molar-refractivity contribution is 0.406. The third-order valence-corrected chi connectivity index (χ3v) is 3.20. The van der Waals surface area contributed by atoms with Crippen LogP contribution in [0.3, 0.4) is 0 Å². The minimum atomic E-state index is 0.186. The molecule has 3 heteroatoms. The van der Waals surface area contributed by atoms with E-state index in [1.54, 1.807) is 7.11 Å². The zero-order valence-electron chi connectivity index (χ0n) is 11.4. The number of ether oxygens (including phenoxy) is 1. The van der Waals surface area contributed by atoms with Crippen LogP contribution in [0.4, 0.5) is 0 Å². The third-order valence-electron chi connectivity index (χ3n) is 3.20. The van der Waals surface area contributed by atoms with Gasteiger partial charge in [-0.3, -0.25) is 4.68 Å². The highest BCUT2D eigenvalue weighted by Gasteiger charge is 2.11. The molecule has 0 fully saturated rings. The van der Waals surface area contributed by atoms with Crippen molar-refractivity contribution in [3.63, 3.8) is 0 Å². The maximum Gasteiger partial charge on any atom is 0.124 e. The fraction of sp³-hybridized carbons (Fsp3) is 0.333. The van der Waals surface area contributed by atoms with Crippen molar-refractivity contribution in [2.24, 2.45) is 0 Å². The molecule has 0 bridgehead atoms. The number of rotatable bonds is 4. The first-order valence-electron chi connectivity index (χ1n) is 6.18. The molecule has 96 valence electrons. The number of aromatic nitrogens is 1. The van der Waals surface area contributed by atoms with Crippen molar-refractivity contribution in [1.82, 2.24) is 4.68 Å². The van der Waals surface area contributed by atoms with Crippen molar-refractivity contribution in [1.29, 1.82) is 0 Å². The topological polar surface area (TPSA) is 26.2 Å². The van der Waals surface area contributed by atoms with Crippen LogP contribution in [-0.4, -0.2) is 11.8 Å². The van der Waals surface area contributed by atoms with Crippen molar-refractivity contribution in [3.05, 3.63) is 53.3 Å². The normalized spacial score (nSPS) is 12.2. The molecule has 0 saturated carbocycles. The molecule has 0 aliphatic rings. The largest absolute Gasteiger partial charge is 0.496 e. The number of hydrogen-bond acceptors (Lipinski definition) is 2. The van der Waals surface area contributed by atoms with Crippen LogP contribution in [0.5, 0.6) is 5.75 Å². The summed E-state index contributed by atoms with van der Waals surface area (Å²) in [6.07, 6.45) is 0. The Morgan fingerprint density at radius 3 is 2.28 bits per heavy atom. The van der Waals surface area contributed by atoms with Crippen LogP contribution < -0.4 is 10.2 Å². The molecule has 0 amide bonds. The molecule has 0 saturated heterocycles. The van der Waals surface area contributed by atoms with E-state index in [4.69, 9.17) is 4.74 Å². The summed E-state index contributed by atoms with van der Waals surface area (Å²) in [4.78, 5) is 0. The Morgan fingerprint density at radius 1 is 1.06 bits per heavy atom. The molecule has 2 rings (SSSR count). The number of para-hydroxylation sites is 1. The molecule has 1 atom stereocenters. The van der Waals surface area contributed by atoms with Gasteiger partial charge in [-0.2, -0.15) is 0 Å². The third kappa shape index (κ3) is 2.35. The zero-order valence-corrected chi connectivity index (χ0v) is 11.4. The van der Waals surface area contributed by atoms with Gasteiger partial charge < -0.3 is 10.2 Å². The molecule has 0 aliphatic heterocycles. The predicted octanol–water partition coefficient (Wildman–Crippen LogP) is 3.42. The molecule has 0 aliphatic carbocycles. The number of benzene rings is 1. The molecule has 0 spiro atoms. The van der Waals surface area contributed by atoms with Gasteiger partial charge in [0.25, 0.3) is 0 Å². The first-order valence-corrected chi connectivity index (χ1v) is 6.18.